The molecule has 28 heavy (non-hydrogen) atoms. The molecule has 0 aliphatic carbocycles. The number of aryl methyl sites for hydroxylation is 1. The largest absolute Gasteiger partial charge is 0.347 e. The van der Waals surface area contributed by atoms with E-state index in [2.05, 4.69) is 29.1 Å². The lowest BCUT2D eigenvalue weighted by molar-refractivity contribution is 0.622. The molecule has 0 radical (unpaired) electrons. The molecule has 5 heteroatoms. The van der Waals surface area contributed by atoms with Gasteiger partial charge in [-0.3, -0.25) is 9.36 Å². The zero-order chi connectivity index (χ0) is 19.3. The summed E-state index contributed by atoms with van der Waals surface area (Å²) in [6, 6.07) is 15.8. The normalized spacial score (nSPS) is 13.6. The van der Waals surface area contributed by atoms with Crippen LogP contribution in [0.4, 0.5) is 4.39 Å². The summed E-state index contributed by atoms with van der Waals surface area (Å²) < 4.78 is 17.0. The molecule has 3 heterocycles. The topological polar surface area (TPSA) is 39.0 Å². The van der Waals surface area contributed by atoms with E-state index in [9.17, 15) is 9.18 Å². The molecule has 0 fully saturated rings. The highest BCUT2D eigenvalue weighted by Gasteiger charge is 2.18. The first-order valence-corrected chi connectivity index (χ1v) is 9.42. The van der Waals surface area contributed by atoms with Crippen LogP contribution in [-0.2, 0) is 20.0 Å². The van der Waals surface area contributed by atoms with Gasteiger partial charge in [0.1, 0.15) is 5.82 Å². The van der Waals surface area contributed by atoms with Crippen LogP contribution in [0, 0.1) is 5.82 Å². The maximum Gasteiger partial charge on any atom is 0.255 e. The number of nitrogens with zero attached hydrogens (tertiary/aromatic N) is 2. The Morgan fingerprint density at radius 1 is 1.00 bits per heavy atom. The maximum atomic E-state index is 13.1. The van der Waals surface area contributed by atoms with E-state index >= 15 is 0 Å². The van der Waals surface area contributed by atoms with Crippen LogP contribution >= 0.6 is 0 Å². The van der Waals surface area contributed by atoms with Crippen molar-refractivity contribution in [1.29, 1.82) is 0 Å². The fourth-order valence-electron chi connectivity index (χ4n) is 4.16. The standard InChI is InChI=1S/C23H20FN3O/c1-26-21-8-10-25-14-20(21)19-7-6-18(13-22(19)26)27-11-9-16(12-23(27)28)15-2-4-17(24)5-3-15/h2-7,9,11-13,25H,8,10,14H2,1H3. The Hall–Kier alpha value is -3.18. The van der Waals surface area contributed by atoms with Gasteiger partial charge in [0.2, 0.25) is 0 Å². The van der Waals surface area contributed by atoms with E-state index in [0.29, 0.717) is 0 Å². The number of pyridine rings is 1. The molecule has 0 atom stereocenters. The van der Waals surface area contributed by atoms with Crippen molar-refractivity contribution in [2.24, 2.45) is 7.05 Å². The van der Waals surface area contributed by atoms with Crippen LogP contribution in [0.15, 0.2) is 65.6 Å². The van der Waals surface area contributed by atoms with Crippen LogP contribution in [-0.4, -0.2) is 15.7 Å². The van der Waals surface area contributed by atoms with Crippen molar-refractivity contribution in [3.8, 4) is 16.8 Å². The Kier molecular flexibility index (Phi) is 3.91. The summed E-state index contributed by atoms with van der Waals surface area (Å²) in [4.78, 5) is 12.8. The zero-order valence-electron chi connectivity index (χ0n) is 15.6. The number of hydrogen-bond acceptors (Lipinski definition) is 2. The third-order valence-electron chi connectivity index (χ3n) is 5.64. The predicted molar refractivity (Wildman–Crippen MR) is 109 cm³/mol. The van der Waals surface area contributed by atoms with E-state index in [4.69, 9.17) is 0 Å². The Bertz CT molecular complexity index is 1250. The molecule has 4 nitrogen and oxygen atoms in total. The van der Waals surface area contributed by atoms with Gasteiger partial charge >= 0.3 is 0 Å². The highest BCUT2D eigenvalue weighted by molar-refractivity contribution is 5.87. The van der Waals surface area contributed by atoms with Crippen molar-refractivity contribution in [1.82, 2.24) is 14.5 Å². The Balaban J connectivity index is 1.59. The molecule has 2 aromatic heterocycles. The van der Waals surface area contributed by atoms with E-state index in [1.54, 1.807) is 29.0 Å². The van der Waals surface area contributed by atoms with Crippen molar-refractivity contribution in [2.45, 2.75) is 13.0 Å². The molecule has 0 saturated heterocycles. The number of nitrogens with one attached hydrogen (secondary N) is 1. The van der Waals surface area contributed by atoms with Gasteiger partial charge in [0.25, 0.3) is 5.56 Å². The molecule has 140 valence electrons. The maximum absolute atomic E-state index is 13.1. The minimum atomic E-state index is -0.286. The number of benzene rings is 2. The summed E-state index contributed by atoms with van der Waals surface area (Å²) >= 11 is 0. The van der Waals surface area contributed by atoms with E-state index in [1.165, 1.54) is 28.8 Å². The quantitative estimate of drug-likeness (QED) is 0.581. The molecule has 1 aliphatic heterocycles. The fourth-order valence-corrected chi connectivity index (χ4v) is 4.16. The van der Waals surface area contributed by atoms with Crippen molar-refractivity contribution in [2.75, 3.05) is 6.54 Å². The molecule has 0 unspecified atom stereocenters. The number of fused-ring (bicyclic) bond motifs is 3. The summed E-state index contributed by atoms with van der Waals surface area (Å²) in [5.41, 5.74) is 6.20. The fraction of sp³-hybridized carbons (Fsp3) is 0.174. The molecule has 1 N–H and O–H groups in total. The predicted octanol–water partition coefficient (Wildman–Crippen LogP) is 3.78. The average molecular weight is 373 g/mol. The Morgan fingerprint density at radius 3 is 2.61 bits per heavy atom. The molecule has 5 rings (SSSR count). The lowest BCUT2D eigenvalue weighted by Gasteiger charge is -2.14. The second kappa shape index (κ2) is 6.46. The van der Waals surface area contributed by atoms with Gasteiger partial charge in [0, 0.05) is 49.9 Å². The van der Waals surface area contributed by atoms with Crippen LogP contribution < -0.4 is 10.9 Å². The van der Waals surface area contributed by atoms with E-state index < -0.39 is 0 Å². The van der Waals surface area contributed by atoms with E-state index in [1.807, 2.05) is 12.1 Å². The first-order chi connectivity index (χ1) is 13.6. The van der Waals surface area contributed by atoms with Gasteiger partial charge in [-0.2, -0.15) is 0 Å². The minimum absolute atomic E-state index is 0.109. The van der Waals surface area contributed by atoms with Gasteiger partial charge < -0.3 is 9.88 Å². The molecule has 0 amide bonds. The molecule has 0 spiro atoms. The Morgan fingerprint density at radius 2 is 1.82 bits per heavy atom. The third kappa shape index (κ3) is 2.67. The first-order valence-electron chi connectivity index (χ1n) is 9.42. The molecular formula is C23H20FN3O. The number of halogens is 1. The smallest absolute Gasteiger partial charge is 0.255 e. The van der Waals surface area contributed by atoms with E-state index in [-0.39, 0.29) is 11.4 Å². The van der Waals surface area contributed by atoms with Crippen LogP contribution in [0.25, 0.3) is 27.7 Å². The van der Waals surface area contributed by atoms with Crippen LogP contribution in [0.2, 0.25) is 0 Å². The lowest BCUT2D eigenvalue weighted by atomic mass is 10.1. The number of hydrogen-bond donors (Lipinski definition) is 1. The molecule has 4 aromatic rings. The molecule has 2 aromatic carbocycles. The second-order valence-corrected chi connectivity index (χ2v) is 7.24. The van der Waals surface area contributed by atoms with Crippen molar-refractivity contribution < 1.29 is 4.39 Å². The second-order valence-electron chi connectivity index (χ2n) is 7.24. The molecular weight excluding hydrogens is 353 g/mol. The van der Waals surface area contributed by atoms with Crippen molar-refractivity contribution in [3.63, 3.8) is 0 Å². The average Bonchev–Trinajstić information content (AvgIpc) is 3.01. The SMILES string of the molecule is Cn1c2c(c3ccc(-n4ccc(-c5ccc(F)cc5)cc4=O)cc31)CNCC2. The van der Waals surface area contributed by atoms with Crippen molar-refractivity contribution in [3.05, 3.63) is 88.2 Å². The highest BCUT2D eigenvalue weighted by atomic mass is 19.1. The highest BCUT2D eigenvalue weighted by Crippen LogP contribution is 2.29. The van der Waals surface area contributed by atoms with Gasteiger partial charge in [-0.25, -0.2) is 4.39 Å². The van der Waals surface area contributed by atoms with Crippen LogP contribution in [0.5, 0.6) is 0 Å². The zero-order valence-corrected chi connectivity index (χ0v) is 15.6. The first kappa shape index (κ1) is 17.0. The third-order valence-corrected chi connectivity index (χ3v) is 5.64. The van der Waals surface area contributed by atoms with Gasteiger partial charge in [0.05, 0.1) is 11.2 Å². The van der Waals surface area contributed by atoms with Crippen molar-refractivity contribution >= 4 is 10.9 Å². The van der Waals surface area contributed by atoms with Gasteiger partial charge in [0.15, 0.2) is 0 Å². The monoisotopic (exact) mass is 373 g/mol. The van der Waals surface area contributed by atoms with Crippen LogP contribution in [0.1, 0.15) is 11.3 Å². The Labute approximate surface area is 161 Å². The minimum Gasteiger partial charge on any atom is -0.347 e. The van der Waals surface area contributed by atoms with E-state index in [0.717, 1.165) is 41.8 Å². The van der Waals surface area contributed by atoms with Gasteiger partial charge in [-0.05, 0) is 47.0 Å². The lowest BCUT2D eigenvalue weighted by Crippen LogP contribution is -2.24. The number of rotatable bonds is 2. The van der Waals surface area contributed by atoms with Crippen LogP contribution in [0.3, 0.4) is 0 Å². The summed E-state index contributed by atoms with van der Waals surface area (Å²) in [5.74, 6) is -0.286. The van der Waals surface area contributed by atoms with Gasteiger partial charge in [-0.1, -0.05) is 18.2 Å². The summed E-state index contributed by atoms with van der Waals surface area (Å²) in [6.07, 6.45) is 2.80. The molecule has 0 bridgehead atoms. The number of aromatic nitrogens is 2. The summed E-state index contributed by atoms with van der Waals surface area (Å²) in [5, 5.41) is 4.68. The summed E-state index contributed by atoms with van der Waals surface area (Å²) in [7, 11) is 2.09. The molecule has 1 aliphatic rings. The summed E-state index contributed by atoms with van der Waals surface area (Å²) in [6.45, 7) is 1.88. The molecule has 0 saturated carbocycles. The van der Waals surface area contributed by atoms with Gasteiger partial charge in [-0.15, -0.1) is 0 Å².